The summed E-state index contributed by atoms with van der Waals surface area (Å²) >= 11 is 0. The van der Waals surface area contributed by atoms with Crippen molar-refractivity contribution in [1.82, 2.24) is 14.8 Å². The zero-order valence-electron chi connectivity index (χ0n) is 18.5. The number of rotatable bonds is 10. The van der Waals surface area contributed by atoms with Crippen LogP contribution in [0.3, 0.4) is 0 Å². The van der Waals surface area contributed by atoms with Crippen molar-refractivity contribution in [1.29, 1.82) is 0 Å². The Morgan fingerprint density at radius 3 is 2.65 bits per heavy atom. The first-order chi connectivity index (χ1) is 14.7. The lowest BCUT2D eigenvalue weighted by Gasteiger charge is -2.20. The molecule has 2 N–H and O–H groups in total. The summed E-state index contributed by atoms with van der Waals surface area (Å²) in [4.78, 5) is 18.5. The number of hydrogen-bond donors (Lipinski definition) is 2. The van der Waals surface area contributed by atoms with E-state index in [1.165, 1.54) is 6.42 Å². The van der Waals surface area contributed by atoms with Gasteiger partial charge >= 0.3 is 5.97 Å². The van der Waals surface area contributed by atoms with Gasteiger partial charge in [-0.3, -0.25) is 0 Å². The van der Waals surface area contributed by atoms with Crippen LogP contribution in [-0.2, 0) is 24.5 Å². The van der Waals surface area contributed by atoms with E-state index in [1.54, 1.807) is 10.7 Å². The minimum atomic E-state index is -1.20. The zero-order valence-corrected chi connectivity index (χ0v) is 19.5. The number of pyridine rings is 1. The number of aliphatic hydroxyl groups is 1. The Hall–Kier alpha value is -2.23. The van der Waals surface area contributed by atoms with Crippen LogP contribution in [0, 0.1) is 11.8 Å². The van der Waals surface area contributed by atoms with Gasteiger partial charge in [0.05, 0.1) is 12.3 Å². The fraction of sp³-hybridized carbons (Fsp3) is 0.591. The molecule has 0 radical (unpaired) electrons. The highest BCUT2D eigenvalue weighted by molar-refractivity contribution is 6.76. The first-order valence-electron chi connectivity index (χ1n) is 11.0. The SMILES string of the molecule is C[Si](C)(C)CCOCn1nc(C(=O)O)cc1Cc1ccc(N2CC3CC3C2)nc1CO. The van der Waals surface area contributed by atoms with E-state index in [-0.39, 0.29) is 19.0 Å². The number of fused-ring (bicyclic) bond motifs is 1. The Morgan fingerprint density at radius 2 is 2.00 bits per heavy atom. The number of aliphatic hydroxyl groups excluding tert-OH is 1. The minimum absolute atomic E-state index is 0.00443. The molecule has 1 aliphatic carbocycles. The molecule has 2 atom stereocenters. The molecule has 31 heavy (non-hydrogen) atoms. The van der Waals surface area contributed by atoms with Crippen LogP contribution in [0.15, 0.2) is 18.2 Å². The quantitative estimate of drug-likeness (QED) is 0.429. The number of hydrogen-bond acceptors (Lipinski definition) is 6. The Balaban J connectivity index is 1.48. The highest BCUT2D eigenvalue weighted by Gasteiger charge is 2.45. The Bertz CT molecular complexity index is 945. The van der Waals surface area contributed by atoms with Crippen LogP contribution in [0.25, 0.3) is 0 Å². The predicted octanol–water partition coefficient (Wildman–Crippen LogP) is 2.83. The molecule has 8 nitrogen and oxygen atoms in total. The third-order valence-corrected chi connectivity index (χ3v) is 7.87. The molecule has 0 aromatic carbocycles. The van der Waals surface area contributed by atoms with E-state index in [9.17, 15) is 15.0 Å². The van der Waals surface area contributed by atoms with Gasteiger partial charge in [0.2, 0.25) is 0 Å². The van der Waals surface area contributed by atoms with Gasteiger partial charge in [0.25, 0.3) is 0 Å². The topological polar surface area (TPSA) is 101 Å². The molecule has 2 aromatic heterocycles. The van der Waals surface area contributed by atoms with Gasteiger partial charge in [0, 0.05) is 39.9 Å². The van der Waals surface area contributed by atoms with Crippen LogP contribution in [0.4, 0.5) is 5.82 Å². The minimum Gasteiger partial charge on any atom is -0.476 e. The predicted molar refractivity (Wildman–Crippen MR) is 120 cm³/mol. The Morgan fingerprint density at radius 1 is 1.26 bits per heavy atom. The smallest absolute Gasteiger partial charge is 0.356 e. The monoisotopic (exact) mass is 444 g/mol. The highest BCUT2D eigenvalue weighted by atomic mass is 28.3. The summed E-state index contributed by atoms with van der Waals surface area (Å²) in [5, 5.41) is 23.5. The molecule has 2 aliphatic rings. The van der Waals surface area contributed by atoms with Crippen molar-refractivity contribution in [3.63, 3.8) is 0 Å². The van der Waals surface area contributed by atoms with Crippen LogP contribution in [0.5, 0.6) is 0 Å². The molecule has 2 fully saturated rings. The fourth-order valence-electron chi connectivity index (χ4n) is 4.12. The second kappa shape index (κ2) is 8.72. The number of aromatic carboxylic acids is 1. The number of piperidine rings is 1. The molecule has 3 heterocycles. The zero-order chi connectivity index (χ0) is 22.2. The summed E-state index contributed by atoms with van der Waals surface area (Å²) < 4.78 is 7.40. The fourth-order valence-corrected chi connectivity index (χ4v) is 4.87. The van der Waals surface area contributed by atoms with Crippen molar-refractivity contribution in [2.75, 3.05) is 24.6 Å². The maximum atomic E-state index is 11.5. The van der Waals surface area contributed by atoms with Crippen molar-refractivity contribution in [2.24, 2.45) is 11.8 Å². The number of carboxylic acids is 1. The van der Waals surface area contributed by atoms with Crippen molar-refractivity contribution < 1.29 is 19.7 Å². The maximum Gasteiger partial charge on any atom is 0.356 e. The number of carboxylic acid groups (broad SMARTS) is 1. The summed E-state index contributed by atoms with van der Waals surface area (Å²) in [7, 11) is -1.20. The molecule has 1 saturated heterocycles. The van der Waals surface area contributed by atoms with E-state index < -0.39 is 14.0 Å². The molecule has 0 bridgehead atoms. The lowest BCUT2D eigenvalue weighted by atomic mass is 10.1. The molecule has 1 saturated carbocycles. The van der Waals surface area contributed by atoms with Crippen LogP contribution < -0.4 is 4.90 Å². The van der Waals surface area contributed by atoms with E-state index >= 15 is 0 Å². The molecule has 2 aromatic rings. The van der Waals surface area contributed by atoms with E-state index in [1.807, 2.05) is 12.1 Å². The number of nitrogens with zero attached hydrogens (tertiary/aromatic N) is 4. The number of aromatic nitrogens is 3. The van der Waals surface area contributed by atoms with Crippen LogP contribution >= 0.6 is 0 Å². The Kier molecular flexibility index (Phi) is 6.18. The molecule has 9 heteroatoms. The summed E-state index contributed by atoms with van der Waals surface area (Å²) in [5.41, 5.74) is 2.23. The molecule has 0 spiro atoms. The van der Waals surface area contributed by atoms with Gasteiger partial charge in [-0.15, -0.1) is 0 Å². The van der Waals surface area contributed by atoms with E-state index in [0.717, 1.165) is 48.0 Å². The number of ether oxygens (including phenoxy) is 1. The second-order valence-corrected chi connectivity index (χ2v) is 15.6. The van der Waals surface area contributed by atoms with Gasteiger partial charge in [0.15, 0.2) is 5.69 Å². The average molecular weight is 445 g/mol. The largest absolute Gasteiger partial charge is 0.476 e. The van der Waals surface area contributed by atoms with Gasteiger partial charge < -0.3 is 19.8 Å². The van der Waals surface area contributed by atoms with Gasteiger partial charge in [-0.2, -0.15) is 5.10 Å². The standard InChI is InChI=1S/C22H32N4O4Si/c1-31(2,3)7-6-30-14-26-18(10-19(24-26)22(28)29)9-15-4-5-21(23-20(15)13-27)25-11-16-8-17(16)12-25/h4-5,10,16-17,27H,6-9,11-14H2,1-3H3,(H,28,29). The van der Waals surface area contributed by atoms with Crippen molar-refractivity contribution in [2.45, 2.75) is 51.9 Å². The molecular formula is C22H32N4O4Si. The molecular weight excluding hydrogens is 412 g/mol. The molecule has 2 unspecified atom stereocenters. The van der Waals surface area contributed by atoms with Gasteiger partial charge in [-0.25, -0.2) is 14.5 Å². The number of anilines is 1. The normalized spacial score (nSPS) is 20.2. The lowest BCUT2D eigenvalue weighted by Crippen LogP contribution is -2.23. The summed E-state index contributed by atoms with van der Waals surface area (Å²) in [5.74, 6) is 1.47. The molecule has 1 aliphatic heterocycles. The second-order valence-electron chi connectivity index (χ2n) is 9.94. The Labute approximate surface area is 183 Å². The summed E-state index contributed by atoms with van der Waals surface area (Å²) in [6, 6.07) is 6.60. The third-order valence-electron chi connectivity index (χ3n) is 6.17. The van der Waals surface area contributed by atoms with Gasteiger partial charge in [0.1, 0.15) is 12.5 Å². The van der Waals surface area contributed by atoms with Crippen LogP contribution in [-0.4, -0.2) is 58.7 Å². The van der Waals surface area contributed by atoms with Gasteiger partial charge in [-0.05, 0) is 42.0 Å². The highest BCUT2D eigenvalue weighted by Crippen LogP contribution is 2.46. The van der Waals surface area contributed by atoms with Gasteiger partial charge in [-0.1, -0.05) is 25.7 Å². The maximum absolute atomic E-state index is 11.5. The van der Waals surface area contributed by atoms with E-state index in [4.69, 9.17) is 9.72 Å². The first kappa shape index (κ1) is 22.0. The van der Waals surface area contributed by atoms with Crippen molar-refractivity contribution >= 4 is 19.9 Å². The summed E-state index contributed by atoms with van der Waals surface area (Å²) in [6.07, 6.45) is 1.77. The average Bonchev–Trinajstić information content (AvgIpc) is 3.12. The summed E-state index contributed by atoms with van der Waals surface area (Å²) in [6.45, 7) is 9.65. The third kappa shape index (κ3) is 5.34. The van der Waals surface area contributed by atoms with E-state index in [0.29, 0.717) is 18.7 Å². The number of carbonyl (C=O) groups is 1. The lowest BCUT2D eigenvalue weighted by molar-refractivity contribution is 0.0669. The van der Waals surface area contributed by atoms with Crippen molar-refractivity contribution in [3.05, 3.63) is 40.8 Å². The van der Waals surface area contributed by atoms with Crippen molar-refractivity contribution in [3.8, 4) is 0 Å². The van der Waals surface area contributed by atoms with Crippen LogP contribution in [0.1, 0.15) is 33.9 Å². The molecule has 0 amide bonds. The van der Waals surface area contributed by atoms with Crippen LogP contribution in [0.2, 0.25) is 25.7 Å². The first-order valence-corrected chi connectivity index (χ1v) is 14.7. The molecule has 168 valence electrons. The molecule has 4 rings (SSSR count). The van der Waals surface area contributed by atoms with E-state index in [2.05, 4.69) is 29.6 Å².